The molecule has 1 aliphatic heterocycles. The second-order valence-corrected chi connectivity index (χ2v) is 7.91. The number of nitrogens with one attached hydrogen (secondary N) is 2. The fourth-order valence-corrected chi connectivity index (χ4v) is 4.36. The summed E-state index contributed by atoms with van der Waals surface area (Å²) in [6, 6.07) is 15.9. The normalized spacial score (nSPS) is 13.6. The molecule has 1 aliphatic rings. The van der Waals surface area contributed by atoms with Crippen molar-refractivity contribution in [1.82, 2.24) is 9.88 Å². The highest BCUT2D eigenvalue weighted by Crippen LogP contribution is 2.29. The molecule has 29 heavy (non-hydrogen) atoms. The summed E-state index contributed by atoms with van der Waals surface area (Å²) in [7, 11) is 0. The molecular weight excluding hydrogens is 384 g/mol. The van der Waals surface area contributed by atoms with Gasteiger partial charge < -0.3 is 5.32 Å². The predicted octanol–water partition coefficient (Wildman–Crippen LogP) is 4.03. The van der Waals surface area contributed by atoms with Crippen molar-refractivity contribution in [1.29, 1.82) is 0 Å². The molecule has 4 rings (SSSR count). The maximum absolute atomic E-state index is 12.9. The van der Waals surface area contributed by atoms with Crippen molar-refractivity contribution >= 4 is 34.0 Å². The zero-order chi connectivity index (χ0) is 20.2. The fraction of sp³-hybridized carbons (Fsp3) is 0.227. The maximum Gasteiger partial charge on any atom is 0.259 e. The summed E-state index contributed by atoms with van der Waals surface area (Å²) in [5.41, 5.74) is 2.48. The highest BCUT2D eigenvalue weighted by atomic mass is 32.1. The molecule has 0 saturated carbocycles. The van der Waals surface area contributed by atoms with E-state index in [0.29, 0.717) is 21.9 Å². The third-order valence-electron chi connectivity index (χ3n) is 4.93. The lowest BCUT2D eigenvalue weighted by molar-refractivity contribution is 0.102. The molecule has 1 aromatic heterocycles. The van der Waals surface area contributed by atoms with Crippen LogP contribution in [0.2, 0.25) is 0 Å². The van der Waals surface area contributed by atoms with Gasteiger partial charge in [0.2, 0.25) is 0 Å². The van der Waals surface area contributed by atoms with E-state index in [0.717, 1.165) is 31.7 Å². The molecule has 6 nitrogen and oxygen atoms in total. The lowest BCUT2D eigenvalue weighted by atomic mass is 10.1. The lowest BCUT2D eigenvalue weighted by Gasteiger charge is -2.23. The molecule has 3 aromatic rings. The third kappa shape index (κ3) is 4.36. The fourth-order valence-electron chi connectivity index (χ4n) is 3.31. The molecule has 0 saturated heterocycles. The minimum absolute atomic E-state index is 0.254. The van der Waals surface area contributed by atoms with Crippen molar-refractivity contribution in [3.05, 3.63) is 76.3 Å². The molecule has 0 unspecified atom stereocenters. The molecule has 0 atom stereocenters. The number of anilines is 2. The van der Waals surface area contributed by atoms with Gasteiger partial charge in [-0.1, -0.05) is 37.3 Å². The first-order valence-electron chi connectivity index (χ1n) is 9.61. The van der Waals surface area contributed by atoms with Crippen molar-refractivity contribution < 1.29 is 9.59 Å². The van der Waals surface area contributed by atoms with Gasteiger partial charge in [-0.05, 0) is 30.8 Å². The predicted molar refractivity (Wildman–Crippen MR) is 116 cm³/mol. The topological polar surface area (TPSA) is 74.3 Å². The second kappa shape index (κ2) is 8.55. The number of benzene rings is 2. The monoisotopic (exact) mass is 406 g/mol. The average Bonchev–Trinajstić information content (AvgIpc) is 3.15. The molecule has 0 bridgehead atoms. The summed E-state index contributed by atoms with van der Waals surface area (Å²) < 4.78 is 0. The van der Waals surface area contributed by atoms with Crippen molar-refractivity contribution in [2.75, 3.05) is 23.7 Å². The summed E-state index contributed by atoms with van der Waals surface area (Å²) in [6.45, 7) is 5.03. The van der Waals surface area contributed by atoms with Gasteiger partial charge >= 0.3 is 0 Å². The van der Waals surface area contributed by atoms with Gasteiger partial charge in [0.15, 0.2) is 5.13 Å². The molecule has 2 amide bonds. The van der Waals surface area contributed by atoms with E-state index >= 15 is 0 Å². The minimum Gasteiger partial charge on any atom is -0.321 e. The van der Waals surface area contributed by atoms with E-state index in [9.17, 15) is 9.59 Å². The van der Waals surface area contributed by atoms with Gasteiger partial charge in [0.25, 0.3) is 11.8 Å². The van der Waals surface area contributed by atoms with Gasteiger partial charge in [-0.3, -0.25) is 19.8 Å². The number of aromatic nitrogens is 1. The van der Waals surface area contributed by atoms with Crippen molar-refractivity contribution in [2.24, 2.45) is 0 Å². The van der Waals surface area contributed by atoms with E-state index in [1.165, 1.54) is 16.2 Å². The van der Waals surface area contributed by atoms with Crippen molar-refractivity contribution in [2.45, 2.75) is 19.9 Å². The Hall–Kier alpha value is -3.03. The number of para-hydroxylation sites is 1. The molecular formula is C22H22N4O2S. The summed E-state index contributed by atoms with van der Waals surface area (Å²) in [6.07, 6.45) is 0.902. The Bertz CT molecular complexity index is 1030. The molecule has 0 radical (unpaired) electrons. The van der Waals surface area contributed by atoms with Crippen LogP contribution in [0, 0.1) is 0 Å². The number of hydrogen-bond donors (Lipinski definition) is 2. The molecule has 2 heterocycles. The Morgan fingerprint density at radius 2 is 1.79 bits per heavy atom. The number of fused-ring (bicyclic) bond motifs is 1. The minimum atomic E-state index is -0.285. The van der Waals surface area contributed by atoms with Crippen molar-refractivity contribution in [3.63, 3.8) is 0 Å². The number of thiazole rings is 1. The van der Waals surface area contributed by atoms with Crippen LogP contribution >= 0.6 is 11.3 Å². The number of amides is 2. The van der Waals surface area contributed by atoms with E-state index in [1.807, 2.05) is 6.07 Å². The van der Waals surface area contributed by atoms with Crippen LogP contribution in [0.4, 0.5) is 10.8 Å². The van der Waals surface area contributed by atoms with Gasteiger partial charge in [-0.25, -0.2) is 4.98 Å². The SMILES string of the molecule is CCN1CCc2nc(NC(=O)c3ccccc3NC(=O)c3ccccc3)sc2C1. The van der Waals surface area contributed by atoms with Crippen LogP contribution in [0.1, 0.15) is 38.2 Å². The van der Waals surface area contributed by atoms with E-state index < -0.39 is 0 Å². The standard InChI is InChI=1S/C22H22N4O2S/c1-2-26-13-12-18-19(14-26)29-22(24-18)25-21(28)16-10-6-7-11-17(16)23-20(27)15-8-4-3-5-9-15/h3-11H,2,12-14H2,1H3,(H,23,27)(H,24,25,28). The number of carbonyl (C=O) groups is 2. The van der Waals surface area contributed by atoms with E-state index in [-0.39, 0.29) is 11.8 Å². The van der Waals surface area contributed by atoms with Gasteiger partial charge in [0.1, 0.15) is 0 Å². The van der Waals surface area contributed by atoms with Crippen LogP contribution in [0.3, 0.4) is 0 Å². The van der Waals surface area contributed by atoms with E-state index in [2.05, 4.69) is 27.4 Å². The first-order chi connectivity index (χ1) is 14.1. The molecule has 148 valence electrons. The number of likely N-dealkylation sites (N-methyl/N-ethyl adjacent to an activating group) is 1. The molecule has 7 heteroatoms. The Labute approximate surface area is 173 Å². The molecule has 0 fully saturated rings. The first kappa shape index (κ1) is 19.3. The summed E-state index contributed by atoms with van der Waals surface area (Å²) in [4.78, 5) is 33.5. The van der Waals surface area contributed by atoms with Crippen LogP contribution in [-0.2, 0) is 13.0 Å². The Kier molecular flexibility index (Phi) is 5.69. The van der Waals surface area contributed by atoms with E-state index in [1.54, 1.807) is 48.5 Å². The number of nitrogens with zero attached hydrogens (tertiary/aromatic N) is 2. The smallest absolute Gasteiger partial charge is 0.259 e. The summed E-state index contributed by atoms with van der Waals surface area (Å²) in [5.74, 6) is -0.539. The van der Waals surface area contributed by atoms with Crippen LogP contribution in [0.25, 0.3) is 0 Å². The third-order valence-corrected chi connectivity index (χ3v) is 5.93. The number of carbonyl (C=O) groups excluding carboxylic acids is 2. The van der Waals surface area contributed by atoms with Crippen molar-refractivity contribution in [3.8, 4) is 0 Å². The molecule has 2 aromatic carbocycles. The Morgan fingerprint density at radius 3 is 2.59 bits per heavy atom. The number of hydrogen-bond acceptors (Lipinski definition) is 5. The lowest BCUT2D eigenvalue weighted by Crippen LogP contribution is -2.29. The van der Waals surface area contributed by atoms with Crippen LogP contribution < -0.4 is 10.6 Å². The largest absolute Gasteiger partial charge is 0.321 e. The zero-order valence-corrected chi connectivity index (χ0v) is 17.0. The summed E-state index contributed by atoms with van der Waals surface area (Å²) in [5, 5.41) is 6.33. The van der Waals surface area contributed by atoms with Crippen LogP contribution in [0.15, 0.2) is 54.6 Å². The quantitative estimate of drug-likeness (QED) is 0.671. The maximum atomic E-state index is 12.9. The summed E-state index contributed by atoms with van der Waals surface area (Å²) >= 11 is 1.52. The van der Waals surface area contributed by atoms with Gasteiger partial charge in [-0.2, -0.15) is 0 Å². The Morgan fingerprint density at radius 1 is 1.03 bits per heavy atom. The Balaban J connectivity index is 1.50. The van der Waals surface area contributed by atoms with Gasteiger partial charge in [0, 0.05) is 30.0 Å². The van der Waals surface area contributed by atoms with E-state index in [4.69, 9.17) is 0 Å². The second-order valence-electron chi connectivity index (χ2n) is 6.83. The molecule has 0 aliphatic carbocycles. The molecule has 0 spiro atoms. The van der Waals surface area contributed by atoms with Gasteiger partial charge in [-0.15, -0.1) is 11.3 Å². The molecule has 2 N–H and O–H groups in total. The zero-order valence-electron chi connectivity index (χ0n) is 16.1. The van der Waals surface area contributed by atoms with Crippen LogP contribution in [0.5, 0.6) is 0 Å². The van der Waals surface area contributed by atoms with Gasteiger partial charge in [0.05, 0.1) is 16.9 Å². The highest BCUT2D eigenvalue weighted by Gasteiger charge is 2.21. The van der Waals surface area contributed by atoms with Crippen LogP contribution in [-0.4, -0.2) is 34.8 Å². The average molecular weight is 407 g/mol. The highest BCUT2D eigenvalue weighted by molar-refractivity contribution is 7.15. The first-order valence-corrected chi connectivity index (χ1v) is 10.4. The number of rotatable bonds is 5.